The van der Waals surface area contributed by atoms with Crippen LogP contribution in [-0.2, 0) is 40.2 Å². The van der Waals surface area contributed by atoms with Crippen LogP contribution in [0.15, 0.2) is 0 Å². The predicted molar refractivity (Wildman–Crippen MR) is 45.3 cm³/mol. The van der Waals surface area contributed by atoms with Crippen LogP contribution in [0, 0.1) is 22.7 Å². The van der Waals surface area contributed by atoms with Crippen LogP contribution in [0.4, 0.5) is 0 Å². The van der Waals surface area contributed by atoms with Gasteiger partial charge in [-0.1, -0.05) is 0 Å². The molecule has 0 heterocycles. The van der Waals surface area contributed by atoms with Crippen LogP contribution in [-0.4, -0.2) is 27.2 Å². The van der Waals surface area contributed by atoms with Crippen molar-refractivity contribution in [2.24, 2.45) is 0 Å². The third kappa shape index (κ3) is 485. The molecule has 0 aliphatic heterocycles. The van der Waals surface area contributed by atoms with Crippen molar-refractivity contribution in [1.82, 2.24) is 0 Å². The Morgan fingerprint density at radius 3 is 0.667 bits per heavy atom. The van der Waals surface area contributed by atoms with Gasteiger partial charge < -0.3 is 0 Å². The molecule has 0 aromatic carbocycles. The molecule has 0 rings (SSSR count). The molecule has 0 atom stereocenters. The van der Waals surface area contributed by atoms with Crippen LogP contribution in [0.3, 0.4) is 0 Å². The second kappa shape index (κ2) is 13100. The van der Waals surface area contributed by atoms with Crippen molar-refractivity contribution in [2.75, 3.05) is 0 Å². The molecule has 0 aliphatic carbocycles. The van der Waals surface area contributed by atoms with E-state index in [0.717, 1.165) is 0 Å². The second-order valence-electron chi connectivity index (χ2n) is 0.447. The fraction of sp³-hybridized carbons (Fsp3) is 0.250. The van der Waals surface area contributed by atoms with E-state index in [2.05, 4.69) is 27.2 Å². The minimum absolute atomic E-state index is 0. The Kier molecular flexibility index (Phi) is 44100. The Morgan fingerprint density at radius 2 is 0.667 bits per heavy atom. The molecule has 0 aliphatic rings. The van der Waals surface area contributed by atoms with E-state index in [9.17, 15) is 0 Å². The van der Waals surface area contributed by atoms with Crippen LogP contribution >= 0.6 is 0 Å². The monoisotopic (exact) mass is 378 g/mol. The van der Waals surface area contributed by atoms with Crippen LogP contribution in [0.1, 0.15) is 13.8 Å². The zero-order valence-corrected chi connectivity index (χ0v) is 10.9. The molecule has 0 fully saturated rings. The van der Waals surface area contributed by atoms with E-state index in [0.29, 0.717) is 0 Å². The number of nitrogens with zero attached hydrogens (tertiary/aromatic N) is 2. The summed E-state index contributed by atoms with van der Waals surface area (Å²) in [5.41, 5.74) is 0. The largest absolute Gasteiger partial charge is 0.281 e. The molecule has 6 nitrogen and oxygen atoms in total. The number of hydrogen-bond donors (Lipinski definition) is 0. The van der Waals surface area contributed by atoms with Crippen molar-refractivity contribution in [2.45, 2.75) is 13.8 Å². The van der Waals surface area contributed by atoms with Gasteiger partial charge in [-0.25, -0.2) is 0 Å². The van der Waals surface area contributed by atoms with Gasteiger partial charge in [-0.05, 0) is 0 Å². The summed E-state index contributed by atoms with van der Waals surface area (Å²) in [7, 11) is 0. The number of carbonyl (C=O) groups excluding carboxylic acids is 4. The average Bonchev–Trinajstić information content (AvgIpc) is 2.31. The van der Waals surface area contributed by atoms with Crippen LogP contribution < -0.4 is 0 Å². The van der Waals surface area contributed by atoms with E-state index in [-0.39, 0.29) is 21.1 Å². The predicted octanol–water partition coefficient (Wildman–Crippen LogP) is -0.531. The Bertz CT molecular complexity index is 114. The zero-order chi connectivity index (χ0) is 13.4. The molecule has 8 radical (unpaired) electrons. The summed E-state index contributed by atoms with van der Waals surface area (Å²) < 4.78 is 0. The molecule has 0 bridgehead atoms. The summed E-state index contributed by atoms with van der Waals surface area (Å²) in [5, 5.41) is 14.6. The fourth-order valence-electron chi connectivity index (χ4n) is 0. The number of nitriles is 2. The summed E-state index contributed by atoms with van der Waals surface area (Å²) in [6, 6.07) is 3.50. The molecular formula is C8H6N2O4W. The topological polar surface area (TPSA) is 116 Å². The second-order valence-corrected chi connectivity index (χ2v) is 0.447. The molecule has 0 unspecified atom stereocenters. The Hall–Kier alpha value is -1.65. The standard InChI is InChI=1S/2C2H3N.4CO.W/c2*1-2-3;4*1-2;/h2*1H3;;;;;. The molecule has 0 saturated heterocycles. The first-order chi connectivity index (χ1) is 6.83. The summed E-state index contributed by atoms with van der Waals surface area (Å²) in [6.45, 7) is 20.9. The fourth-order valence-corrected chi connectivity index (χ4v) is 0. The van der Waals surface area contributed by atoms with Gasteiger partial charge >= 0.3 is 0 Å². The minimum Gasteiger partial charge on any atom is -0.281 e. The van der Waals surface area contributed by atoms with Crippen molar-refractivity contribution < 1.29 is 40.2 Å². The van der Waals surface area contributed by atoms with Crippen molar-refractivity contribution >= 4 is 27.2 Å². The van der Waals surface area contributed by atoms with Gasteiger partial charge in [-0.2, -0.15) is 10.5 Å². The molecule has 0 N–H and O–H groups in total. The minimum atomic E-state index is 0. The van der Waals surface area contributed by atoms with Crippen molar-refractivity contribution in [3.8, 4) is 12.1 Å². The van der Waals surface area contributed by atoms with E-state index >= 15 is 0 Å². The van der Waals surface area contributed by atoms with Gasteiger partial charge in [0.1, 0.15) is 0 Å². The van der Waals surface area contributed by atoms with E-state index in [1.807, 2.05) is 0 Å². The van der Waals surface area contributed by atoms with Crippen molar-refractivity contribution in [1.29, 1.82) is 10.5 Å². The smallest absolute Gasteiger partial charge is 0.281 e. The van der Waals surface area contributed by atoms with Gasteiger partial charge in [0.05, 0.1) is 12.1 Å². The molecule has 0 amide bonds. The molecular weight excluding hydrogens is 372 g/mol. The van der Waals surface area contributed by atoms with Gasteiger partial charge in [-0.3, -0.25) is 19.2 Å². The first kappa shape index (κ1) is 50.5. The van der Waals surface area contributed by atoms with Crippen molar-refractivity contribution in [3.05, 3.63) is 0 Å². The Labute approximate surface area is 104 Å². The maximum atomic E-state index is 7.50. The SMILES string of the molecule is CC#N.CC#N.[C]=O.[C]=O.[C]=O.[C]=O.[W]. The Morgan fingerprint density at radius 1 is 0.667 bits per heavy atom. The normalized spacial score (nSPS) is 2.13. The van der Waals surface area contributed by atoms with Gasteiger partial charge in [-0.15, -0.1) is 0 Å². The molecule has 15 heavy (non-hydrogen) atoms. The molecule has 78 valence electrons. The van der Waals surface area contributed by atoms with Gasteiger partial charge in [0.25, 0.3) is 27.2 Å². The average molecular weight is 378 g/mol. The molecule has 0 saturated carbocycles. The van der Waals surface area contributed by atoms with E-state index in [1.54, 1.807) is 12.1 Å². The van der Waals surface area contributed by atoms with E-state index in [4.69, 9.17) is 29.7 Å². The van der Waals surface area contributed by atoms with E-state index in [1.165, 1.54) is 13.8 Å². The molecule has 7 heteroatoms. The third-order valence-electron chi connectivity index (χ3n) is 0. The quantitative estimate of drug-likeness (QED) is 0.560. The maximum absolute atomic E-state index is 7.50. The number of rotatable bonds is 0. The summed E-state index contributed by atoms with van der Waals surface area (Å²) >= 11 is 0. The maximum Gasteiger partial charge on any atom is 0.281 e. The molecule has 0 spiro atoms. The first-order valence-electron chi connectivity index (χ1n) is 2.26. The van der Waals surface area contributed by atoms with Crippen LogP contribution in [0.25, 0.3) is 0 Å². The summed E-state index contributed by atoms with van der Waals surface area (Å²) in [6.07, 6.45) is 0. The summed E-state index contributed by atoms with van der Waals surface area (Å²) in [5.74, 6) is 0. The van der Waals surface area contributed by atoms with Gasteiger partial charge in [0.15, 0.2) is 0 Å². The molecule has 0 aromatic rings. The molecule has 0 aromatic heterocycles. The zero-order valence-electron chi connectivity index (χ0n) is 7.94. The van der Waals surface area contributed by atoms with Crippen molar-refractivity contribution in [3.63, 3.8) is 0 Å². The van der Waals surface area contributed by atoms with Crippen LogP contribution in [0.2, 0.25) is 0 Å². The first-order valence-corrected chi connectivity index (χ1v) is 2.26. The Balaban J connectivity index is -0.0000000103. The third-order valence-corrected chi connectivity index (χ3v) is 0. The van der Waals surface area contributed by atoms with Crippen LogP contribution in [0.5, 0.6) is 0 Å². The van der Waals surface area contributed by atoms with Gasteiger partial charge in [0.2, 0.25) is 0 Å². The summed E-state index contributed by atoms with van der Waals surface area (Å²) in [4.78, 5) is 30.0. The van der Waals surface area contributed by atoms with E-state index < -0.39 is 0 Å². The number of hydrogen-bond acceptors (Lipinski definition) is 6. The van der Waals surface area contributed by atoms with Gasteiger partial charge in [0, 0.05) is 34.9 Å².